The van der Waals surface area contributed by atoms with Gasteiger partial charge in [-0.25, -0.2) is 8.78 Å². The molecule has 0 heterocycles. The summed E-state index contributed by atoms with van der Waals surface area (Å²) in [6.07, 6.45) is 0. The van der Waals surface area contributed by atoms with E-state index in [4.69, 9.17) is 4.74 Å². The lowest BCUT2D eigenvalue weighted by Crippen LogP contribution is -2.10. The molecule has 98 valence electrons. The number of Topliss-reactive ketones (excluding diaryl/α,β-unsaturated/α-hetero) is 1. The summed E-state index contributed by atoms with van der Waals surface area (Å²) in [5, 5.41) is 0. The van der Waals surface area contributed by atoms with E-state index in [-0.39, 0.29) is 24.6 Å². The lowest BCUT2D eigenvalue weighted by molar-refractivity contribution is 0.0714. The lowest BCUT2D eigenvalue weighted by Gasteiger charge is -2.06. The van der Waals surface area contributed by atoms with E-state index in [9.17, 15) is 13.6 Å². The third-order valence-corrected chi connectivity index (χ3v) is 2.64. The van der Waals surface area contributed by atoms with Crippen LogP contribution in [0.15, 0.2) is 48.5 Å². The molecule has 2 aromatic rings. The minimum atomic E-state index is -0.674. The van der Waals surface area contributed by atoms with Crippen LogP contribution in [0.1, 0.15) is 15.9 Å². The smallest absolute Gasteiger partial charge is 0.188 e. The monoisotopic (exact) mass is 262 g/mol. The predicted octanol–water partition coefficient (Wildman–Crippen LogP) is 3.36. The van der Waals surface area contributed by atoms with Gasteiger partial charge in [-0.05, 0) is 12.1 Å². The van der Waals surface area contributed by atoms with Crippen molar-refractivity contribution in [3.05, 3.63) is 71.3 Å². The van der Waals surface area contributed by atoms with Gasteiger partial charge in [0.2, 0.25) is 0 Å². The largest absolute Gasteiger partial charge is 0.368 e. The lowest BCUT2D eigenvalue weighted by atomic mass is 10.1. The minimum absolute atomic E-state index is 0.164. The van der Waals surface area contributed by atoms with Crippen molar-refractivity contribution in [2.24, 2.45) is 0 Å². The molecule has 0 saturated heterocycles. The van der Waals surface area contributed by atoms with Crippen molar-refractivity contribution in [2.75, 3.05) is 6.61 Å². The Morgan fingerprint density at radius 1 is 0.947 bits per heavy atom. The van der Waals surface area contributed by atoms with Crippen molar-refractivity contribution in [3.8, 4) is 0 Å². The molecule has 19 heavy (non-hydrogen) atoms. The highest BCUT2D eigenvalue weighted by Gasteiger charge is 2.10. The molecule has 0 atom stereocenters. The van der Waals surface area contributed by atoms with E-state index in [0.29, 0.717) is 5.56 Å². The average molecular weight is 262 g/mol. The Morgan fingerprint density at radius 3 is 2.21 bits per heavy atom. The molecule has 0 aliphatic heterocycles. The number of halogens is 2. The van der Waals surface area contributed by atoms with Gasteiger partial charge in [0.05, 0.1) is 6.61 Å². The van der Waals surface area contributed by atoms with E-state index in [2.05, 4.69) is 0 Å². The molecule has 2 nitrogen and oxygen atoms in total. The number of carbonyl (C=O) groups excluding carboxylic acids is 1. The Labute approximate surface area is 109 Å². The number of hydrogen-bond acceptors (Lipinski definition) is 2. The molecule has 0 spiro atoms. The van der Waals surface area contributed by atoms with Crippen LogP contribution in [0.5, 0.6) is 0 Å². The molecule has 2 aromatic carbocycles. The second-order valence-corrected chi connectivity index (χ2v) is 3.98. The van der Waals surface area contributed by atoms with Gasteiger partial charge in [-0.1, -0.05) is 36.4 Å². The first-order valence-corrected chi connectivity index (χ1v) is 5.77. The molecular weight excluding hydrogens is 250 g/mol. The molecule has 0 bridgehead atoms. The molecule has 0 saturated carbocycles. The summed E-state index contributed by atoms with van der Waals surface area (Å²) in [5.41, 5.74) is 0.347. The maximum atomic E-state index is 13.3. The zero-order valence-corrected chi connectivity index (χ0v) is 10.1. The maximum absolute atomic E-state index is 13.3. The van der Waals surface area contributed by atoms with Gasteiger partial charge >= 0.3 is 0 Å². The van der Waals surface area contributed by atoms with E-state index in [1.54, 1.807) is 30.3 Å². The third-order valence-electron chi connectivity index (χ3n) is 2.64. The normalized spacial score (nSPS) is 10.4. The zero-order valence-electron chi connectivity index (χ0n) is 10.1. The van der Waals surface area contributed by atoms with Crippen LogP contribution in [0.3, 0.4) is 0 Å². The van der Waals surface area contributed by atoms with Crippen molar-refractivity contribution in [2.45, 2.75) is 6.61 Å². The van der Waals surface area contributed by atoms with Gasteiger partial charge in [0.15, 0.2) is 5.78 Å². The number of rotatable bonds is 5. The van der Waals surface area contributed by atoms with Crippen LogP contribution in [0, 0.1) is 11.6 Å². The Hall–Kier alpha value is -2.07. The molecule has 0 aromatic heterocycles. The van der Waals surface area contributed by atoms with E-state index < -0.39 is 11.6 Å². The molecule has 0 radical (unpaired) electrons. The van der Waals surface area contributed by atoms with Crippen molar-refractivity contribution in [1.82, 2.24) is 0 Å². The van der Waals surface area contributed by atoms with Gasteiger partial charge in [-0.3, -0.25) is 4.79 Å². The van der Waals surface area contributed by atoms with Gasteiger partial charge in [0.1, 0.15) is 18.2 Å². The van der Waals surface area contributed by atoms with Crippen LogP contribution < -0.4 is 0 Å². The fourth-order valence-corrected chi connectivity index (χ4v) is 1.62. The molecule has 4 heteroatoms. The predicted molar refractivity (Wildman–Crippen MR) is 66.8 cm³/mol. The Kier molecular flexibility index (Phi) is 4.36. The van der Waals surface area contributed by atoms with Crippen LogP contribution in [-0.2, 0) is 11.3 Å². The van der Waals surface area contributed by atoms with E-state index in [1.165, 1.54) is 6.07 Å². The highest BCUT2D eigenvalue weighted by molar-refractivity contribution is 5.96. The van der Waals surface area contributed by atoms with Crippen molar-refractivity contribution >= 4 is 5.78 Å². The Balaban J connectivity index is 1.92. The third kappa shape index (κ3) is 3.45. The Bertz CT molecular complexity index is 547. The number of benzene rings is 2. The standard InChI is InChI=1S/C15H12F2O2/c16-13-7-4-8-14(17)12(13)9-19-10-15(18)11-5-2-1-3-6-11/h1-8H,9-10H2. The molecule has 0 aliphatic rings. The van der Waals surface area contributed by atoms with Crippen molar-refractivity contribution in [3.63, 3.8) is 0 Å². The van der Waals surface area contributed by atoms with Crippen LogP contribution in [0.25, 0.3) is 0 Å². The molecule has 0 aliphatic carbocycles. The van der Waals surface area contributed by atoms with E-state index in [1.807, 2.05) is 0 Å². The molecule has 0 amide bonds. The number of carbonyl (C=O) groups is 1. The maximum Gasteiger partial charge on any atom is 0.188 e. The summed E-state index contributed by atoms with van der Waals surface area (Å²) in [6.45, 7) is -0.477. The summed E-state index contributed by atoms with van der Waals surface area (Å²) >= 11 is 0. The van der Waals surface area contributed by atoms with Crippen LogP contribution in [-0.4, -0.2) is 12.4 Å². The van der Waals surface area contributed by atoms with Gasteiger partial charge in [0.25, 0.3) is 0 Å². The number of hydrogen-bond donors (Lipinski definition) is 0. The summed E-state index contributed by atoms with van der Waals surface area (Å²) in [6, 6.07) is 12.2. The zero-order chi connectivity index (χ0) is 13.7. The first kappa shape index (κ1) is 13.4. The summed E-state index contributed by atoms with van der Waals surface area (Å²) in [5.74, 6) is -1.57. The summed E-state index contributed by atoms with van der Waals surface area (Å²) in [4.78, 5) is 11.7. The summed E-state index contributed by atoms with van der Waals surface area (Å²) in [7, 11) is 0. The average Bonchev–Trinajstić information content (AvgIpc) is 2.43. The quantitative estimate of drug-likeness (QED) is 0.772. The molecule has 0 N–H and O–H groups in total. The van der Waals surface area contributed by atoms with Gasteiger partial charge in [0, 0.05) is 11.1 Å². The van der Waals surface area contributed by atoms with Crippen LogP contribution in [0.4, 0.5) is 8.78 Å². The Morgan fingerprint density at radius 2 is 1.58 bits per heavy atom. The van der Waals surface area contributed by atoms with Crippen molar-refractivity contribution in [1.29, 1.82) is 0 Å². The molecule has 2 rings (SSSR count). The summed E-state index contributed by atoms with van der Waals surface area (Å²) < 4.78 is 31.7. The van der Waals surface area contributed by atoms with Crippen LogP contribution in [0.2, 0.25) is 0 Å². The highest BCUT2D eigenvalue weighted by Crippen LogP contribution is 2.13. The van der Waals surface area contributed by atoms with Crippen LogP contribution >= 0.6 is 0 Å². The number of ketones is 1. The molecular formula is C15H12F2O2. The molecule has 0 fully saturated rings. The second kappa shape index (κ2) is 6.20. The fraction of sp³-hybridized carbons (Fsp3) is 0.133. The topological polar surface area (TPSA) is 26.3 Å². The number of ether oxygens (including phenoxy) is 1. The fourth-order valence-electron chi connectivity index (χ4n) is 1.62. The first-order valence-electron chi connectivity index (χ1n) is 5.77. The second-order valence-electron chi connectivity index (χ2n) is 3.98. The SMILES string of the molecule is O=C(COCc1c(F)cccc1F)c1ccccc1. The van der Waals surface area contributed by atoms with Gasteiger partial charge in [-0.2, -0.15) is 0 Å². The first-order chi connectivity index (χ1) is 9.18. The minimum Gasteiger partial charge on any atom is -0.368 e. The van der Waals surface area contributed by atoms with Crippen molar-refractivity contribution < 1.29 is 18.3 Å². The van der Waals surface area contributed by atoms with Gasteiger partial charge < -0.3 is 4.74 Å². The van der Waals surface area contributed by atoms with Gasteiger partial charge in [-0.15, -0.1) is 0 Å². The van der Waals surface area contributed by atoms with E-state index >= 15 is 0 Å². The highest BCUT2D eigenvalue weighted by atomic mass is 19.1. The van der Waals surface area contributed by atoms with E-state index in [0.717, 1.165) is 12.1 Å². The molecule has 0 unspecified atom stereocenters.